The van der Waals surface area contributed by atoms with Crippen molar-refractivity contribution in [2.75, 3.05) is 24.2 Å². The average Bonchev–Trinajstić information content (AvgIpc) is 2.86. The van der Waals surface area contributed by atoms with Crippen LogP contribution in [0.15, 0.2) is 66.7 Å². The highest BCUT2D eigenvalue weighted by Gasteiger charge is 2.33. The van der Waals surface area contributed by atoms with Crippen molar-refractivity contribution in [3.05, 3.63) is 99.0 Å². The summed E-state index contributed by atoms with van der Waals surface area (Å²) < 4.78 is 26.9. The van der Waals surface area contributed by atoms with E-state index in [1.807, 2.05) is 43.3 Å². The summed E-state index contributed by atoms with van der Waals surface area (Å²) in [5.74, 6) is -0.934. The number of amides is 2. The van der Waals surface area contributed by atoms with E-state index >= 15 is 0 Å². The van der Waals surface area contributed by atoms with E-state index in [4.69, 9.17) is 23.2 Å². The van der Waals surface area contributed by atoms with Crippen LogP contribution in [0.4, 0.5) is 5.69 Å². The SMILES string of the molecule is CNC(=O)[C@@H](Cc1ccccc1)N(Cc1ccc(Cl)cc1Cl)C(=O)CN(c1cc(C)ccc1C)S(C)(=O)=O. The van der Waals surface area contributed by atoms with Crippen molar-refractivity contribution < 1.29 is 18.0 Å². The Morgan fingerprint density at radius 2 is 1.66 bits per heavy atom. The monoisotopic (exact) mass is 575 g/mol. The fourth-order valence-corrected chi connectivity index (χ4v) is 5.50. The smallest absolute Gasteiger partial charge is 0.244 e. The Morgan fingerprint density at radius 1 is 0.974 bits per heavy atom. The van der Waals surface area contributed by atoms with Gasteiger partial charge in [-0.25, -0.2) is 8.42 Å². The molecule has 38 heavy (non-hydrogen) atoms. The second kappa shape index (κ2) is 12.7. The third-order valence-corrected chi connectivity index (χ3v) is 7.90. The van der Waals surface area contributed by atoms with E-state index in [2.05, 4.69) is 5.32 Å². The molecule has 0 fully saturated rings. The molecule has 0 saturated carbocycles. The van der Waals surface area contributed by atoms with Gasteiger partial charge in [0.2, 0.25) is 21.8 Å². The van der Waals surface area contributed by atoms with Crippen LogP contribution < -0.4 is 9.62 Å². The van der Waals surface area contributed by atoms with Gasteiger partial charge in [-0.3, -0.25) is 13.9 Å². The van der Waals surface area contributed by atoms with E-state index in [0.717, 1.165) is 21.7 Å². The maximum atomic E-state index is 14.0. The highest BCUT2D eigenvalue weighted by Crippen LogP contribution is 2.27. The van der Waals surface area contributed by atoms with Gasteiger partial charge < -0.3 is 10.2 Å². The Labute approximate surface area is 234 Å². The van der Waals surface area contributed by atoms with Crippen LogP contribution in [0.25, 0.3) is 0 Å². The fourth-order valence-electron chi connectivity index (χ4n) is 4.14. The first-order chi connectivity index (χ1) is 17.9. The number of hydrogen-bond acceptors (Lipinski definition) is 4. The number of hydrogen-bond donors (Lipinski definition) is 1. The van der Waals surface area contributed by atoms with Crippen molar-refractivity contribution in [1.29, 1.82) is 0 Å². The molecule has 0 aromatic heterocycles. The molecule has 0 radical (unpaired) electrons. The van der Waals surface area contributed by atoms with Crippen molar-refractivity contribution in [1.82, 2.24) is 10.2 Å². The summed E-state index contributed by atoms with van der Waals surface area (Å²) in [4.78, 5) is 28.5. The number of sulfonamides is 1. The number of carbonyl (C=O) groups is 2. The van der Waals surface area contributed by atoms with E-state index in [1.165, 1.54) is 11.9 Å². The van der Waals surface area contributed by atoms with Crippen LogP contribution in [-0.4, -0.2) is 51.0 Å². The molecule has 7 nitrogen and oxygen atoms in total. The summed E-state index contributed by atoms with van der Waals surface area (Å²) >= 11 is 12.5. The summed E-state index contributed by atoms with van der Waals surface area (Å²) in [6.45, 7) is 3.12. The number of nitrogens with one attached hydrogen (secondary N) is 1. The first-order valence-electron chi connectivity index (χ1n) is 11.9. The van der Waals surface area contributed by atoms with Gasteiger partial charge in [0.25, 0.3) is 0 Å². The number of carbonyl (C=O) groups excluding carboxylic acids is 2. The average molecular weight is 577 g/mol. The first-order valence-corrected chi connectivity index (χ1v) is 14.5. The summed E-state index contributed by atoms with van der Waals surface area (Å²) in [5, 5.41) is 3.41. The van der Waals surface area contributed by atoms with Crippen LogP contribution in [0.3, 0.4) is 0 Å². The predicted molar refractivity (Wildman–Crippen MR) is 153 cm³/mol. The van der Waals surface area contributed by atoms with Crippen molar-refractivity contribution >= 4 is 50.7 Å². The second-order valence-electron chi connectivity index (χ2n) is 9.14. The molecule has 0 aliphatic carbocycles. The molecule has 1 N–H and O–H groups in total. The standard InChI is InChI=1S/C28H31Cl2N3O4S/c1-19-10-11-20(2)25(14-19)33(38(4,36)37)18-27(34)32(17-22-12-13-23(29)16-24(22)30)26(28(35)31-3)15-21-8-6-5-7-9-21/h5-14,16,26H,15,17-18H2,1-4H3,(H,31,35)/t26-/m1/s1. The molecule has 0 aliphatic rings. The molecule has 10 heteroatoms. The lowest BCUT2D eigenvalue weighted by molar-refractivity contribution is -0.139. The molecule has 0 saturated heterocycles. The van der Waals surface area contributed by atoms with E-state index in [-0.39, 0.29) is 18.9 Å². The van der Waals surface area contributed by atoms with Crippen LogP contribution in [0.5, 0.6) is 0 Å². The van der Waals surface area contributed by atoms with Gasteiger partial charge in [-0.05, 0) is 54.3 Å². The minimum Gasteiger partial charge on any atom is -0.357 e. The number of likely N-dealkylation sites (N-methyl/N-ethyl adjacent to an activating group) is 1. The predicted octanol–water partition coefficient (Wildman–Crippen LogP) is 4.76. The molecule has 1 atom stereocenters. The minimum atomic E-state index is -3.84. The molecule has 3 rings (SSSR count). The molecule has 2 amide bonds. The minimum absolute atomic E-state index is 0.0237. The summed E-state index contributed by atoms with van der Waals surface area (Å²) in [6, 6.07) is 18.7. The van der Waals surface area contributed by atoms with Gasteiger partial charge in [-0.15, -0.1) is 0 Å². The van der Waals surface area contributed by atoms with Gasteiger partial charge in [0, 0.05) is 30.1 Å². The number of aryl methyl sites for hydroxylation is 2. The Hall–Kier alpha value is -3.07. The number of halogens is 2. The van der Waals surface area contributed by atoms with Gasteiger partial charge >= 0.3 is 0 Å². The molecule has 3 aromatic carbocycles. The topological polar surface area (TPSA) is 86.8 Å². The lowest BCUT2D eigenvalue weighted by Crippen LogP contribution is -2.53. The first kappa shape index (κ1) is 29.5. The van der Waals surface area contributed by atoms with Gasteiger partial charge in [0.05, 0.1) is 11.9 Å². The highest BCUT2D eigenvalue weighted by atomic mass is 35.5. The molecule has 0 aliphatic heterocycles. The third kappa shape index (κ3) is 7.49. The number of anilines is 1. The Kier molecular flexibility index (Phi) is 9.82. The zero-order chi connectivity index (χ0) is 28.0. The van der Waals surface area contributed by atoms with E-state index in [9.17, 15) is 18.0 Å². The largest absolute Gasteiger partial charge is 0.357 e. The zero-order valence-corrected chi connectivity index (χ0v) is 24.1. The molecular weight excluding hydrogens is 545 g/mol. The van der Waals surface area contributed by atoms with Crippen molar-refractivity contribution in [3.8, 4) is 0 Å². The van der Waals surface area contributed by atoms with Crippen LogP contribution in [-0.2, 0) is 32.6 Å². The van der Waals surface area contributed by atoms with Crippen LogP contribution in [0, 0.1) is 13.8 Å². The van der Waals surface area contributed by atoms with Crippen LogP contribution in [0.1, 0.15) is 22.3 Å². The Morgan fingerprint density at radius 3 is 2.26 bits per heavy atom. The van der Waals surface area contributed by atoms with Crippen molar-refractivity contribution in [2.24, 2.45) is 0 Å². The van der Waals surface area contributed by atoms with Gasteiger partial charge in [-0.1, -0.05) is 71.7 Å². The molecule has 0 heterocycles. The van der Waals surface area contributed by atoms with E-state index in [0.29, 0.717) is 26.9 Å². The summed E-state index contributed by atoms with van der Waals surface area (Å²) in [5.41, 5.74) is 3.38. The van der Waals surface area contributed by atoms with E-state index in [1.54, 1.807) is 37.3 Å². The molecular formula is C28H31Cl2N3O4S. The molecule has 3 aromatic rings. The third-order valence-electron chi connectivity index (χ3n) is 6.19. The van der Waals surface area contributed by atoms with Crippen LogP contribution >= 0.6 is 23.2 Å². The van der Waals surface area contributed by atoms with Crippen molar-refractivity contribution in [2.45, 2.75) is 32.9 Å². The Balaban J connectivity index is 2.08. The quantitative estimate of drug-likeness (QED) is 0.377. The molecule has 0 bridgehead atoms. The highest BCUT2D eigenvalue weighted by molar-refractivity contribution is 7.92. The lowest BCUT2D eigenvalue weighted by Gasteiger charge is -2.33. The normalized spacial score (nSPS) is 12.1. The Bertz CT molecular complexity index is 1410. The molecule has 0 unspecified atom stereocenters. The van der Waals surface area contributed by atoms with Crippen LogP contribution in [0.2, 0.25) is 10.0 Å². The lowest BCUT2D eigenvalue weighted by atomic mass is 10.0. The summed E-state index contributed by atoms with van der Waals surface area (Å²) in [6.07, 6.45) is 1.28. The maximum Gasteiger partial charge on any atom is 0.244 e. The zero-order valence-electron chi connectivity index (χ0n) is 21.7. The molecule has 0 spiro atoms. The molecule has 202 valence electrons. The second-order valence-corrected chi connectivity index (χ2v) is 11.9. The van der Waals surface area contributed by atoms with Gasteiger partial charge in [0.1, 0.15) is 12.6 Å². The van der Waals surface area contributed by atoms with Gasteiger partial charge in [0.15, 0.2) is 0 Å². The summed E-state index contributed by atoms with van der Waals surface area (Å²) in [7, 11) is -2.34. The van der Waals surface area contributed by atoms with Crippen molar-refractivity contribution in [3.63, 3.8) is 0 Å². The van der Waals surface area contributed by atoms with E-state index < -0.39 is 28.5 Å². The fraction of sp³-hybridized carbons (Fsp3) is 0.286. The van der Waals surface area contributed by atoms with Gasteiger partial charge in [-0.2, -0.15) is 0 Å². The maximum absolute atomic E-state index is 14.0. The number of rotatable bonds is 10. The number of benzene rings is 3. The number of nitrogens with zero attached hydrogens (tertiary/aromatic N) is 2.